The maximum Gasteiger partial charge on any atom is 0.257 e. The average molecular weight is 383 g/mol. The number of anilines is 2. The number of nitrogen functional groups attached to an aromatic ring is 1. The van der Waals surface area contributed by atoms with Gasteiger partial charge in [0, 0.05) is 18.2 Å². The van der Waals surface area contributed by atoms with Gasteiger partial charge in [-0.05, 0) is 56.2 Å². The van der Waals surface area contributed by atoms with Gasteiger partial charge in [-0.15, -0.1) is 0 Å². The lowest BCUT2D eigenvalue weighted by Gasteiger charge is -2.25. The van der Waals surface area contributed by atoms with Gasteiger partial charge in [-0.1, -0.05) is 25.5 Å². The minimum absolute atomic E-state index is 0.0324. The van der Waals surface area contributed by atoms with Crippen LogP contribution in [-0.4, -0.2) is 28.5 Å². The van der Waals surface area contributed by atoms with Crippen molar-refractivity contribution < 1.29 is 4.79 Å². The Morgan fingerprint density at radius 2 is 2.11 bits per heavy atom. The Labute approximate surface area is 165 Å². The summed E-state index contributed by atoms with van der Waals surface area (Å²) in [6.45, 7) is 4.91. The molecule has 28 heavy (non-hydrogen) atoms. The molecule has 1 aromatic heterocycles. The lowest BCUT2D eigenvalue weighted by atomic mass is 9.88. The van der Waals surface area contributed by atoms with Crippen LogP contribution in [0, 0.1) is 0 Å². The van der Waals surface area contributed by atoms with Gasteiger partial charge in [0.05, 0.1) is 5.56 Å². The molecule has 7 nitrogen and oxygen atoms in total. The second-order valence-electron chi connectivity index (χ2n) is 7.52. The number of nitrogens with two attached hydrogens (primary N) is 1. The summed E-state index contributed by atoms with van der Waals surface area (Å²) in [5.74, 6) is 0.852. The molecule has 5 N–H and O–H groups in total. The maximum absolute atomic E-state index is 12.3. The number of aryl methyl sites for hydroxylation is 1. The second-order valence-corrected chi connectivity index (χ2v) is 7.52. The average Bonchev–Trinajstić information content (AvgIpc) is 2.66. The van der Waals surface area contributed by atoms with E-state index >= 15 is 0 Å². The molecule has 0 fully saturated rings. The third kappa shape index (κ3) is 4.71. The molecule has 0 radical (unpaired) electrons. The van der Waals surface area contributed by atoms with Gasteiger partial charge in [0.2, 0.25) is 5.95 Å². The number of H-pyrrole nitrogens is 1. The Balaban J connectivity index is 1.62. The normalized spacial score (nSPS) is 16.7. The molecule has 1 amide bonds. The minimum atomic E-state index is -0.159. The second kappa shape index (κ2) is 8.91. The highest BCUT2D eigenvalue weighted by Gasteiger charge is 2.24. The highest BCUT2D eigenvalue weighted by molar-refractivity contribution is 5.94. The van der Waals surface area contributed by atoms with Gasteiger partial charge in [-0.2, -0.15) is 4.98 Å². The Hall–Kier alpha value is -2.83. The largest absolute Gasteiger partial charge is 0.370 e. The third-order valence-electron chi connectivity index (χ3n) is 5.26. The van der Waals surface area contributed by atoms with Crippen LogP contribution in [0.4, 0.5) is 11.8 Å². The van der Waals surface area contributed by atoms with E-state index in [-0.39, 0.29) is 29.4 Å². The topological polar surface area (TPSA) is 113 Å². The van der Waals surface area contributed by atoms with E-state index in [1.165, 1.54) is 0 Å². The molecule has 1 aliphatic rings. The molecule has 0 saturated heterocycles. The molecule has 1 aromatic carbocycles. The van der Waals surface area contributed by atoms with Crippen molar-refractivity contribution in [3.63, 3.8) is 0 Å². The summed E-state index contributed by atoms with van der Waals surface area (Å²) < 4.78 is 0. The molecule has 7 heteroatoms. The third-order valence-corrected chi connectivity index (χ3v) is 5.26. The van der Waals surface area contributed by atoms with E-state index in [0.29, 0.717) is 16.9 Å². The lowest BCUT2D eigenvalue weighted by Crippen LogP contribution is -2.32. The molecule has 0 spiro atoms. The summed E-state index contributed by atoms with van der Waals surface area (Å²) in [5, 5.41) is 6.18. The van der Waals surface area contributed by atoms with E-state index in [1.54, 1.807) is 0 Å². The molecule has 0 saturated carbocycles. The zero-order valence-electron chi connectivity index (χ0n) is 16.5. The number of fused-ring (bicyclic) bond motifs is 1. The number of carbonyl (C=O) groups is 1. The predicted molar refractivity (Wildman–Crippen MR) is 112 cm³/mol. The molecule has 2 heterocycles. The van der Waals surface area contributed by atoms with Crippen LogP contribution >= 0.6 is 0 Å². The summed E-state index contributed by atoms with van der Waals surface area (Å²) in [4.78, 5) is 31.4. The van der Waals surface area contributed by atoms with Crippen LogP contribution in [0.25, 0.3) is 0 Å². The number of benzene rings is 1. The van der Waals surface area contributed by atoms with Crippen LogP contribution in [0.5, 0.6) is 0 Å². The minimum Gasteiger partial charge on any atom is -0.370 e. The molecule has 150 valence electrons. The van der Waals surface area contributed by atoms with E-state index in [4.69, 9.17) is 5.73 Å². The van der Waals surface area contributed by atoms with Crippen LogP contribution in [0.1, 0.15) is 66.9 Å². The number of rotatable bonds is 7. The van der Waals surface area contributed by atoms with Gasteiger partial charge in [-0.25, -0.2) is 0 Å². The summed E-state index contributed by atoms with van der Waals surface area (Å²) in [5.41, 5.74) is 8.00. The first-order chi connectivity index (χ1) is 13.5. The molecule has 2 aromatic rings. The van der Waals surface area contributed by atoms with Crippen LogP contribution in [0.15, 0.2) is 29.1 Å². The lowest BCUT2D eigenvalue weighted by molar-refractivity contribution is 0.0938. The Kier molecular flexibility index (Phi) is 6.34. The highest BCUT2D eigenvalue weighted by Crippen LogP contribution is 2.31. The molecule has 0 bridgehead atoms. The number of aromatic amines is 1. The zero-order valence-corrected chi connectivity index (χ0v) is 16.5. The number of nitrogens with one attached hydrogen (secondary N) is 3. The maximum atomic E-state index is 12.3. The summed E-state index contributed by atoms with van der Waals surface area (Å²) in [7, 11) is 0. The van der Waals surface area contributed by atoms with Crippen LogP contribution in [0.2, 0.25) is 0 Å². The first kappa shape index (κ1) is 19.9. The molecule has 0 aliphatic carbocycles. The quantitative estimate of drug-likeness (QED) is 0.587. The van der Waals surface area contributed by atoms with Gasteiger partial charge < -0.3 is 16.4 Å². The predicted octanol–water partition coefficient (Wildman–Crippen LogP) is 2.80. The van der Waals surface area contributed by atoms with Crippen molar-refractivity contribution in [2.24, 2.45) is 0 Å². The van der Waals surface area contributed by atoms with Crippen molar-refractivity contribution in [2.45, 2.75) is 57.9 Å². The van der Waals surface area contributed by atoms with Crippen molar-refractivity contribution in [1.82, 2.24) is 15.3 Å². The van der Waals surface area contributed by atoms with Gasteiger partial charge in [-0.3, -0.25) is 14.6 Å². The van der Waals surface area contributed by atoms with Gasteiger partial charge >= 0.3 is 0 Å². The first-order valence-electron chi connectivity index (χ1n) is 10.0. The van der Waals surface area contributed by atoms with Crippen molar-refractivity contribution in [2.75, 3.05) is 17.6 Å². The molecule has 2 atom stereocenters. The van der Waals surface area contributed by atoms with Gasteiger partial charge in [0.1, 0.15) is 5.82 Å². The van der Waals surface area contributed by atoms with Crippen molar-refractivity contribution in [1.29, 1.82) is 0 Å². The fourth-order valence-corrected chi connectivity index (χ4v) is 3.79. The molecule has 1 aliphatic heterocycles. The van der Waals surface area contributed by atoms with E-state index in [1.807, 2.05) is 31.2 Å². The highest BCUT2D eigenvalue weighted by atomic mass is 16.1. The van der Waals surface area contributed by atoms with Crippen LogP contribution in [0.3, 0.4) is 0 Å². The molecular weight excluding hydrogens is 354 g/mol. The number of carbonyl (C=O) groups excluding carboxylic acids is 1. The molecular formula is C21H29N5O2. The Bertz CT molecular complexity index is 875. The first-order valence-corrected chi connectivity index (χ1v) is 10.0. The van der Waals surface area contributed by atoms with Crippen molar-refractivity contribution in [3.8, 4) is 0 Å². The smallest absolute Gasteiger partial charge is 0.257 e. The fourth-order valence-electron chi connectivity index (χ4n) is 3.79. The fraction of sp³-hybridized carbons (Fsp3) is 0.476. The van der Waals surface area contributed by atoms with Crippen molar-refractivity contribution >= 4 is 17.7 Å². The van der Waals surface area contributed by atoms with Crippen LogP contribution < -0.4 is 21.9 Å². The van der Waals surface area contributed by atoms with E-state index < -0.39 is 0 Å². The zero-order chi connectivity index (χ0) is 20.1. The SMILES string of the molecule is CCCC(C)NC(=O)c1ccc(CCC2CCNc3nc(N)[nH]c(=O)c32)cc1. The van der Waals surface area contributed by atoms with Crippen molar-refractivity contribution in [3.05, 3.63) is 51.3 Å². The van der Waals surface area contributed by atoms with E-state index in [0.717, 1.165) is 44.2 Å². The van der Waals surface area contributed by atoms with Gasteiger partial charge in [0.25, 0.3) is 11.5 Å². The molecule has 2 unspecified atom stereocenters. The number of hydrogen-bond donors (Lipinski definition) is 4. The van der Waals surface area contributed by atoms with E-state index in [9.17, 15) is 9.59 Å². The van der Waals surface area contributed by atoms with Gasteiger partial charge in [0.15, 0.2) is 0 Å². The number of nitrogens with zero attached hydrogens (tertiary/aromatic N) is 1. The summed E-state index contributed by atoms with van der Waals surface area (Å²) in [6.07, 6.45) is 4.59. The van der Waals surface area contributed by atoms with E-state index in [2.05, 4.69) is 27.5 Å². The monoisotopic (exact) mass is 383 g/mol. The standard InChI is InChI=1S/C21H29N5O2/c1-3-4-13(2)24-19(27)16-9-6-14(7-10-16)5-8-15-11-12-23-18-17(15)20(28)26-21(22)25-18/h6-7,9-10,13,15H,3-5,8,11-12H2,1-2H3,(H,24,27)(H4,22,23,25,26,28). The summed E-state index contributed by atoms with van der Waals surface area (Å²) in [6, 6.07) is 7.90. The number of aromatic nitrogens is 2. The number of hydrogen-bond acceptors (Lipinski definition) is 5. The Morgan fingerprint density at radius 1 is 1.36 bits per heavy atom. The molecule has 3 rings (SSSR count). The Morgan fingerprint density at radius 3 is 2.82 bits per heavy atom. The summed E-state index contributed by atoms with van der Waals surface area (Å²) >= 11 is 0. The van der Waals surface area contributed by atoms with Crippen LogP contribution in [-0.2, 0) is 6.42 Å². The number of amides is 1.